The zero-order valence-electron chi connectivity index (χ0n) is 12.1. The summed E-state index contributed by atoms with van der Waals surface area (Å²) in [4.78, 5) is 11.7. The van der Waals surface area contributed by atoms with E-state index in [9.17, 15) is 4.79 Å². The van der Waals surface area contributed by atoms with Gasteiger partial charge in [-0.2, -0.15) is 0 Å². The molecule has 0 aromatic heterocycles. The Labute approximate surface area is 130 Å². The van der Waals surface area contributed by atoms with Gasteiger partial charge in [-0.15, -0.1) is 0 Å². The third-order valence-corrected chi connectivity index (χ3v) is 3.63. The molecule has 0 spiro atoms. The summed E-state index contributed by atoms with van der Waals surface area (Å²) >= 11 is 5.86. The molecule has 1 unspecified atom stereocenters. The van der Waals surface area contributed by atoms with Crippen molar-refractivity contribution in [2.45, 2.75) is 25.8 Å². The second-order valence-electron chi connectivity index (χ2n) is 5.31. The molecule has 0 fully saturated rings. The number of carbonyl (C=O) groups is 1. The number of hydrogen-bond acceptors (Lipinski definition) is 2. The van der Waals surface area contributed by atoms with Crippen molar-refractivity contribution >= 4 is 23.2 Å². The van der Waals surface area contributed by atoms with Crippen molar-refractivity contribution in [1.82, 2.24) is 0 Å². The Kier molecular flexibility index (Phi) is 4.86. The summed E-state index contributed by atoms with van der Waals surface area (Å²) in [5.74, 6) is 0.0394. The highest BCUT2D eigenvalue weighted by atomic mass is 35.5. The number of carbonyl (C=O) groups excluding carboxylic acids is 1. The molecule has 3 N–H and O–H groups in total. The fourth-order valence-electron chi connectivity index (χ4n) is 2.10. The maximum absolute atomic E-state index is 11.7. The molecule has 0 saturated heterocycles. The Hall–Kier alpha value is -2.00. The monoisotopic (exact) mass is 302 g/mol. The standard InChI is InChI=1S/C17H19ClN2O/c1-11(2)12-3-5-13(6-4-12)16(17(19)21)20-15-9-7-14(18)8-10-15/h3-11,16,20H,1-2H3,(H2,19,21). The molecular formula is C17H19ClN2O. The number of anilines is 1. The van der Waals surface area contributed by atoms with Gasteiger partial charge in [0.05, 0.1) is 0 Å². The van der Waals surface area contributed by atoms with Gasteiger partial charge < -0.3 is 11.1 Å². The number of nitrogens with two attached hydrogens (primary N) is 1. The summed E-state index contributed by atoms with van der Waals surface area (Å²) in [6, 6.07) is 14.5. The van der Waals surface area contributed by atoms with Crippen molar-refractivity contribution in [3.8, 4) is 0 Å². The Balaban J connectivity index is 2.22. The zero-order chi connectivity index (χ0) is 15.4. The number of benzene rings is 2. The second kappa shape index (κ2) is 6.64. The van der Waals surface area contributed by atoms with Crippen LogP contribution in [0.2, 0.25) is 5.02 Å². The van der Waals surface area contributed by atoms with Crippen molar-refractivity contribution in [3.05, 3.63) is 64.7 Å². The molecule has 2 aromatic carbocycles. The molecular weight excluding hydrogens is 284 g/mol. The first kappa shape index (κ1) is 15.4. The molecule has 0 aliphatic heterocycles. The van der Waals surface area contributed by atoms with E-state index in [0.717, 1.165) is 11.3 Å². The normalized spacial score (nSPS) is 12.2. The molecule has 0 heterocycles. The molecule has 2 rings (SSSR count). The Morgan fingerprint density at radius 3 is 2.00 bits per heavy atom. The van der Waals surface area contributed by atoms with Crippen LogP contribution in [0, 0.1) is 0 Å². The molecule has 2 aromatic rings. The minimum atomic E-state index is -0.563. The molecule has 1 atom stereocenters. The molecule has 1 amide bonds. The van der Waals surface area contributed by atoms with E-state index in [0.29, 0.717) is 10.9 Å². The third-order valence-electron chi connectivity index (χ3n) is 3.38. The average Bonchev–Trinajstić information content (AvgIpc) is 2.46. The summed E-state index contributed by atoms with van der Waals surface area (Å²) in [5, 5.41) is 3.79. The van der Waals surface area contributed by atoms with E-state index in [1.54, 1.807) is 12.1 Å². The lowest BCUT2D eigenvalue weighted by Crippen LogP contribution is -2.27. The summed E-state index contributed by atoms with van der Waals surface area (Å²) in [5.41, 5.74) is 8.40. The van der Waals surface area contributed by atoms with Crippen molar-refractivity contribution in [2.24, 2.45) is 5.73 Å². The van der Waals surface area contributed by atoms with Crippen LogP contribution >= 0.6 is 11.6 Å². The van der Waals surface area contributed by atoms with Crippen LogP contribution in [0.15, 0.2) is 48.5 Å². The van der Waals surface area contributed by atoms with Crippen LogP contribution in [0.1, 0.15) is 36.9 Å². The molecule has 0 aliphatic rings. The molecule has 0 aliphatic carbocycles. The van der Waals surface area contributed by atoms with E-state index < -0.39 is 11.9 Å². The lowest BCUT2D eigenvalue weighted by atomic mass is 9.98. The van der Waals surface area contributed by atoms with Gasteiger partial charge in [0, 0.05) is 10.7 Å². The number of amides is 1. The third kappa shape index (κ3) is 3.99. The quantitative estimate of drug-likeness (QED) is 0.873. The van der Waals surface area contributed by atoms with Gasteiger partial charge in [0.1, 0.15) is 6.04 Å². The van der Waals surface area contributed by atoms with Crippen molar-refractivity contribution in [3.63, 3.8) is 0 Å². The molecule has 21 heavy (non-hydrogen) atoms. The zero-order valence-corrected chi connectivity index (χ0v) is 12.9. The fraction of sp³-hybridized carbons (Fsp3) is 0.235. The predicted octanol–water partition coefficient (Wildman–Crippen LogP) is 4.10. The number of halogens is 1. The fourth-order valence-corrected chi connectivity index (χ4v) is 2.23. The van der Waals surface area contributed by atoms with E-state index in [1.807, 2.05) is 36.4 Å². The molecule has 4 heteroatoms. The molecule has 110 valence electrons. The number of rotatable bonds is 5. The minimum Gasteiger partial charge on any atom is -0.370 e. The highest BCUT2D eigenvalue weighted by molar-refractivity contribution is 6.30. The average molecular weight is 303 g/mol. The van der Waals surface area contributed by atoms with Gasteiger partial charge in [-0.25, -0.2) is 0 Å². The Morgan fingerprint density at radius 2 is 1.52 bits per heavy atom. The topological polar surface area (TPSA) is 55.1 Å². The lowest BCUT2D eigenvalue weighted by Gasteiger charge is -2.18. The van der Waals surface area contributed by atoms with Crippen LogP contribution < -0.4 is 11.1 Å². The Bertz CT molecular complexity index is 606. The SMILES string of the molecule is CC(C)c1ccc(C(Nc2ccc(Cl)cc2)C(N)=O)cc1. The van der Waals surface area contributed by atoms with Crippen LogP contribution in [-0.2, 0) is 4.79 Å². The molecule has 0 saturated carbocycles. The maximum Gasteiger partial charge on any atom is 0.244 e. The van der Waals surface area contributed by atoms with Gasteiger partial charge >= 0.3 is 0 Å². The first-order chi connectivity index (χ1) is 9.97. The van der Waals surface area contributed by atoms with Crippen LogP contribution in [0.3, 0.4) is 0 Å². The molecule has 0 bridgehead atoms. The van der Waals surface area contributed by atoms with Gasteiger partial charge in [0.25, 0.3) is 0 Å². The first-order valence-corrected chi connectivity index (χ1v) is 7.26. The second-order valence-corrected chi connectivity index (χ2v) is 5.74. The molecule has 0 radical (unpaired) electrons. The summed E-state index contributed by atoms with van der Waals surface area (Å²) in [6.45, 7) is 4.26. The number of nitrogens with one attached hydrogen (secondary N) is 1. The van der Waals surface area contributed by atoms with Crippen molar-refractivity contribution in [1.29, 1.82) is 0 Å². The maximum atomic E-state index is 11.7. The van der Waals surface area contributed by atoms with Crippen molar-refractivity contribution < 1.29 is 4.79 Å². The van der Waals surface area contributed by atoms with Gasteiger partial charge in [-0.1, -0.05) is 49.7 Å². The highest BCUT2D eigenvalue weighted by Crippen LogP contribution is 2.23. The van der Waals surface area contributed by atoms with Crippen molar-refractivity contribution in [2.75, 3.05) is 5.32 Å². The first-order valence-electron chi connectivity index (χ1n) is 6.88. The predicted molar refractivity (Wildman–Crippen MR) is 87.5 cm³/mol. The van der Waals surface area contributed by atoms with Gasteiger partial charge in [0.15, 0.2) is 0 Å². The molecule has 3 nitrogen and oxygen atoms in total. The summed E-state index contributed by atoms with van der Waals surface area (Å²) < 4.78 is 0. The van der Waals surface area contributed by atoms with Crippen LogP contribution in [0.4, 0.5) is 5.69 Å². The van der Waals surface area contributed by atoms with Gasteiger partial charge in [-0.05, 0) is 41.3 Å². The number of hydrogen-bond donors (Lipinski definition) is 2. The smallest absolute Gasteiger partial charge is 0.244 e. The minimum absolute atomic E-state index is 0.415. The summed E-state index contributed by atoms with van der Waals surface area (Å²) in [7, 11) is 0. The van der Waals surface area contributed by atoms with Gasteiger partial charge in [-0.3, -0.25) is 4.79 Å². The highest BCUT2D eigenvalue weighted by Gasteiger charge is 2.17. The van der Waals surface area contributed by atoms with Gasteiger partial charge in [0.2, 0.25) is 5.91 Å². The van der Waals surface area contributed by atoms with E-state index >= 15 is 0 Å². The van der Waals surface area contributed by atoms with Crippen LogP contribution in [-0.4, -0.2) is 5.91 Å². The number of primary amides is 1. The van der Waals surface area contributed by atoms with E-state index in [-0.39, 0.29) is 0 Å². The van der Waals surface area contributed by atoms with Crippen LogP contribution in [0.25, 0.3) is 0 Å². The largest absolute Gasteiger partial charge is 0.370 e. The van der Waals surface area contributed by atoms with E-state index in [1.165, 1.54) is 5.56 Å². The Morgan fingerprint density at radius 1 is 1.00 bits per heavy atom. The van der Waals surface area contributed by atoms with E-state index in [4.69, 9.17) is 17.3 Å². The lowest BCUT2D eigenvalue weighted by molar-refractivity contribution is -0.118. The van der Waals surface area contributed by atoms with E-state index in [2.05, 4.69) is 19.2 Å². The summed E-state index contributed by atoms with van der Waals surface area (Å²) in [6.07, 6.45) is 0. The van der Waals surface area contributed by atoms with Crippen LogP contribution in [0.5, 0.6) is 0 Å².